The molecular formula is C57H75N2+. The van der Waals surface area contributed by atoms with Crippen LogP contribution in [0, 0.1) is 13.8 Å². The summed E-state index contributed by atoms with van der Waals surface area (Å²) in [5.41, 5.74) is 19.3. The second-order valence-corrected chi connectivity index (χ2v) is 23.7. The van der Waals surface area contributed by atoms with Gasteiger partial charge >= 0.3 is 0 Å². The number of rotatable bonds is 4. The van der Waals surface area contributed by atoms with Gasteiger partial charge in [0, 0.05) is 23.6 Å². The standard InChI is InChI=1S/C57H75N2/c1-36-47(57(18,19)20)34-44(56(15,16)17)35-50(36)58-37(2)59(49-27-22-21-26-48(49)58)51-45(38-28-40(52(3,4)5)32-41(29-38)53(6,7)8)24-23-25-46(51)39-30-42(54(9,10)11)33-43(31-39)55(12,13)14/h21-35H,1-20H3/q+1. The van der Waals surface area contributed by atoms with Gasteiger partial charge in [0.25, 0.3) is 5.82 Å². The molecule has 1 aromatic heterocycles. The maximum atomic E-state index is 2.58. The van der Waals surface area contributed by atoms with Gasteiger partial charge in [0.05, 0.1) is 0 Å². The third kappa shape index (κ3) is 8.62. The van der Waals surface area contributed by atoms with Gasteiger partial charge in [-0.05, 0) is 102 Å². The van der Waals surface area contributed by atoms with Gasteiger partial charge in [0.1, 0.15) is 11.4 Å². The number of aromatic nitrogens is 2. The lowest BCUT2D eigenvalue weighted by atomic mass is 9.77. The molecule has 6 rings (SSSR count). The second-order valence-electron chi connectivity index (χ2n) is 23.7. The van der Waals surface area contributed by atoms with E-state index in [9.17, 15) is 0 Å². The first-order valence-corrected chi connectivity index (χ1v) is 22.0. The predicted octanol–water partition coefficient (Wildman–Crippen LogP) is 15.6. The van der Waals surface area contributed by atoms with Crippen molar-refractivity contribution in [2.45, 2.75) is 171 Å². The van der Waals surface area contributed by atoms with E-state index in [0.29, 0.717) is 0 Å². The van der Waals surface area contributed by atoms with E-state index in [2.05, 4.69) is 239 Å². The molecular weight excluding hydrogens is 713 g/mol. The van der Waals surface area contributed by atoms with Crippen LogP contribution in [-0.2, 0) is 32.5 Å². The summed E-state index contributed by atoms with van der Waals surface area (Å²) in [6.45, 7) is 46.8. The van der Waals surface area contributed by atoms with Gasteiger partial charge < -0.3 is 0 Å². The number of hydrogen-bond acceptors (Lipinski definition) is 0. The smallest absolute Gasteiger partial charge is 0.192 e. The Kier molecular flexibility index (Phi) is 10.9. The van der Waals surface area contributed by atoms with Crippen molar-refractivity contribution >= 4 is 11.0 Å². The van der Waals surface area contributed by atoms with Crippen LogP contribution < -0.4 is 4.57 Å². The van der Waals surface area contributed by atoms with E-state index in [0.717, 1.165) is 0 Å². The molecule has 0 N–H and O–H groups in total. The number of imidazole rings is 1. The molecule has 0 unspecified atom stereocenters. The highest BCUT2D eigenvalue weighted by molar-refractivity contribution is 5.86. The maximum Gasteiger partial charge on any atom is 0.264 e. The van der Waals surface area contributed by atoms with Crippen LogP contribution in [0.1, 0.15) is 169 Å². The quantitative estimate of drug-likeness (QED) is 0.157. The van der Waals surface area contributed by atoms with E-state index >= 15 is 0 Å². The van der Waals surface area contributed by atoms with Gasteiger partial charge in [-0.1, -0.05) is 197 Å². The first kappa shape index (κ1) is 44.1. The molecule has 0 saturated heterocycles. The molecule has 312 valence electrons. The van der Waals surface area contributed by atoms with Crippen molar-refractivity contribution in [1.82, 2.24) is 4.57 Å². The summed E-state index contributed by atoms with van der Waals surface area (Å²) < 4.78 is 5.13. The van der Waals surface area contributed by atoms with Crippen LogP contribution in [0.3, 0.4) is 0 Å². The van der Waals surface area contributed by atoms with Crippen LogP contribution >= 0.6 is 0 Å². The number of nitrogens with zero attached hydrogens (tertiary/aromatic N) is 2. The average Bonchev–Trinajstić information content (AvgIpc) is 3.39. The first-order valence-electron chi connectivity index (χ1n) is 22.0. The number of fused-ring (bicyclic) bond motifs is 1. The average molecular weight is 788 g/mol. The number of hydrogen-bond donors (Lipinski definition) is 0. The normalized spacial score (nSPS) is 13.4. The Labute approximate surface area is 359 Å². The van der Waals surface area contributed by atoms with Crippen molar-refractivity contribution in [3.63, 3.8) is 0 Å². The molecule has 6 aromatic rings. The predicted molar refractivity (Wildman–Crippen MR) is 257 cm³/mol. The summed E-state index contributed by atoms with van der Waals surface area (Å²) in [5, 5.41) is 0. The lowest BCUT2D eigenvalue weighted by Crippen LogP contribution is -2.35. The molecule has 0 aliphatic carbocycles. The molecule has 0 radical (unpaired) electrons. The summed E-state index contributed by atoms with van der Waals surface area (Å²) in [7, 11) is 0. The molecule has 0 aliphatic rings. The van der Waals surface area contributed by atoms with Crippen molar-refractivity contribution in [2.24, 2.45) is 0 Å². The topological polar surface area (TPSA) is 8.81 Å². The van der Waals surface area contributed by atoms with E-state index in [4.69, 9.17) is 0 Å². The molecule has 5 aromatic carbocycles. The highest BCUT2D eigenvalue weighted by Gasteiger charge is 2.34. The molecule has 59 heavy (non-hydrogen) atoms. The third-order valence-electron chi connectivity index (χ3n) is 12.5. The van der Waals surface area contributed by atoms with Gasteiger partial charge in [0.15, 0.2) is 11.0 Å². The molecule has 0 spiro atoms. The largest absolute Gasteiger partial charge is 0.264 e. The van der Waals surface area contributed by atoms with Gasteiger partial charge in [-0.2, -0.15) is 9.13 Å². The zero-order valence-corrected chi connectivity index (χ0v) is 40.6. The van der Waals surface area contributed by atoms with E-state index < -0.39 is 0 Å². The van der Waals surface area contributed by atoms with Crippen LogP contribution in [0.25, 0.3) is 44.7 Å². The van der Waals surface area contributed by atoms with Crippen LogP contribution in [0.2, 0.25) is 0 Å². The Morgan fingerprint density at radius 3 is 1.19 bits per heavy atom. The molecule has 0 fully saturated rings. The minimum absolute atomic E-state index is 0.0132. The fourth-order valence-corrected chi connectivity index (χ4v) is 8.57. The van der Waals surface area contributed by atoms with E-state index in [1.54, 1.807) is 0 Å². The number of para-hydroxylation sites is 3. The second kappa shape index (κ2) is 14.6. The SMILES string of the molecule is Cc1c(-n2c(C)[n+](-c3c(-c4cc(C(C)(C)C)cc(C(C)(C)C)c4)cccc3-c3cc(C(C)(C)C)cc(C(C)(C)C)c3)c3ccccc32)cc(C(C)(C)C)cc1C(C)(C)C. The van der Waals surface area contributed by atoms with Gasteiger partial charge in [-0.25, -0.2) is 0 Å². The van der Waals surface area contributed by atoms with Crippen molar-refractivity contribution in [2.75, 3.05) is 0 Å². The zero-order valence-electron chi connectivity index (χ0n) is 40.6. The van der Waals surface area contributed by atoms with Gasteiger partial charge in [0.2, 0.25) is 0 Å². The van der Waals surface area contributed by atoms with Crippen LogP contribution in [-0.4, -0.2) is 4.57 Å². The van der Waals surface area contributed by atoms with E-state index in [-0.39, 0.29) is 32.5 Å². The maximum absolute atomic E-state index is 2.58. The zero-order chi connectivity index (χ0) is 44.0. The molecule has 1 heterocycles. The first-order chi connectivity index (χ1) is 26.9. The van der Waals surface area contributed by atoms with Crippen molar-refractivity contribution in [1.29, 1.82) is 0 Å². The molecule has 2 heteroatoms. The fraction of sp³-hybridized carbons (Fsp3) is 0.456. The summed E-state index contributed by atoms with van der Waals surface area (Å²) in [6.07, 6.45) is 0. The molecule has 0 aliphatic heterocycles. The fourth-order valence-electron chi connectivity index (χ4n) is 8.57. The van der Waals surface area contributed by atoms with Gasteiger partial charge in [-0.3, -0.25) is 0 Å². The minimum Gasteiger partial charge on any atom is -0.192 e. The molecule has 0 atom stereocenters. The lowest BCUT2D eigenvalue weighted by molar-refractivity contribution is -0.574. The summed E-state index contributed by atoms with van der Waals surface area (Å²) in [5.74, 6) is 1.18. The Balaban J connectivity index is 1.85. The van der Waals surface area contributed by atoms with Crippen LogP contribution in [0.4, 0.5) is 0 Å². The monoisotopic (exact) mass is 788 g/mol. The highest BCUT2D eigenvalue weighted by Crippen LogP contribution is 2.42. The summed E-state index contributed by atoms with van der Waals surface area (Å²) in [4.78, 5) is 0. The van der Waals surface area contributed by atoms with Crippen LogP contribution in [0.15, 0.2) is 91.0 Å². The Morgan fingerprint density at radius 1 is 0.407 bits per heavy atom. The van der Waals surface area contributed by atoms with E-state index in [1.165, 1.54) is 89.4 Å². The minimum atomic E-state index is -0.0180. The van der Waals surface area contributed by atoms with E-state index in [1.807, 2.05) is 0 Å². The van der Waals surface area contributed by atoms with Gasteiger partial charge in [-0.15, -0.1) is 0 Å². The highest BCUT2D eigenvalue weighted by atomic mass is 15.2. The Morgan fingerprint density at radius 2 is 0.797 bits per heavy atom. The molecule has 2 nitrogen and oxygen atoms in total. The van der Waals surface area contributed by atoms with Crippen molar-refractivity contribution < 1.29 is 4.57 Å². The summed E-state index contributed by atoms with van der Waals surface area (Å²) >= 11 is 0. The summed E-state index contributed by atoms with van der Waals surface area (Å²) in [6, 6.07) is 35.7. The van der Waals surface area contributed by atoms with Crippen molar-refractivity contribution in [3.05, 3.63) is 136 Å². The molecule has 0 bridgehead atoms. The van der Waals surface area contributed by atoms with Crippen molar-refractivity contribution in [3.8, 4) is 33.6 Å². The lowest BCUT2D eigenvalue weighted by Gasteiger charge is -2.28. The van der Waals surface area contributed by atoms with Crippen LogP contribution in [0.5, 0.6) is 0 Å². The third-order valence-corrected chi connectivity index (χ3v) is 12.5. The molecule has 0 saturated carbocycles. The Hall–Kier alpha value is -4.43. The Bertz CT molecular complexity index is 2390. The molecule has 0 amide bonds. The number of benzene rings is 5.